The van der Waals surface area contributed by atoms with Crippen molar-refractivity contribution in [3.8, 4) is 0 Å². The lowest BCUT2D eigenvalue weighted by atomic mass is 9.98. The number of hydrogen-bond acceptors (Lipinski definition) is 3. The van der Waals surface area contributed by atoms with Crippen molar-refractivity contribution in [3.63, 3.8) is 0 Å². The van der Waals surface area contributed by atoms with Crippen LogP contribution in [0.4, 0.5) is 0 Å². The third kappa shape index (κ3) is 6.72. The summed E-state index contributed by atoms with van der Waals surface area (Å²) < 4.78 is 5.33. The minimum atomic E-state index is 0.840. The van der Waals surface area contributed by atoms with Gasteiger partial charge in [-0.3, -0.25) is 4.90 Å². The molecule has 0 aromatic carbocycles. The molecule has 0 bridgehead atoms. The summed E-state index contributed by atoms with van der Waals surface area (Å²) in [5, 5.41) is 3.53. The van der Waals surface area contributed by atoms with E-state index < -0.39 is 0 Å². The Balaban J connectivity index is 2.02. The molecule has 1 rings (SSSR count). The smallest absolute Gasteiger partial charge is 0.0477 e. The fraction of sp³-hybridized carbons (Fsp3) is 1.00. The molecule has 1 heterocycles. The molecule has 1 saturated heterocycles. The van der Waals surface area contributed by atoms with Gasteiger partial charge in [-0.15, -0.1) is 0 Å². The third-order valence-electron chi connectivity index (χ3n) is 3.79. The van der Waals surface area contributed by atoms with E-state index in [1.54, 1.807) is 0 Å². The fourth-order valence-corrected chi connectivity index (χ4v) is 2.81. The summed E-state index contributed by atoms with van der Waals surface area (Å²) in [6, 6.07) is 0.856. The van der Waals surface area contributed by atoms with Crippen LogP contribution in [0.15, 0.2) is 0 Å². The number of nitrogens with one attached hydrogen (secondary N) is 1. The molecule has 1 fully saturated rings. The van der Waals surface area contributed by atoms with Crippen LogP contribution in [0, 0.1) is 0 Å². The molecule has 108 valence electrons. The second-order valence-corrected chi connectivity index (χ2v) is 5.27. The normalized spacial score (nSPS) is 21.3. The monoisotopic (exact) mass is 256 g/mol. The number of rotatable bonds is 10. The van der Waals surface area contributed by atoms with E-state index >= 15 is 0 Å². The number of hydrogen-bond donors (Lipinski definition) is 1. The summed E-state index contributed by atoms with van der Waals surface area (Å²) >= 11 is 0. The molecular weight excluding hydrogens is 224 g/mol. The van der Waals surface area contributed by atoms with Gasteiger partial charge in [-0.05, 0) is 45.7 Å². The van der Waals surface area contributed by atoms with Gasteiger partial charge in [0.1, 0.15) is 0 Å². The lowest BCUT2D eigenvalue weighted by Gasteiger charge is -2.35. The molecule has 3 nitrogen and oxygen atoms in total. The maximum atomic E-state index is 5.33. The van der Waals surface area contributed by atoms with Crippen LogP contribution in [0.3, 0.4) is 0 Å². The lowest BCUT2D eigenvalue weighted by molar-refractivity contribution is 0.135. The Morgan fingerprint density at radius 1 is 1.22 bits per heavy atom. The van der Waals surface area contributed by atoms with E-state index in [9.17, 15) is 0 Å². The van der Waals surface area contributed by atoms with Crippen molar-refractivity contribution in [1.29, 1.82) is 0 Å². The van der Waals surface area contributed by atoms with Gasteiger partial charge < -0.3 is 10.1 Å². The zero-order valence-corrected chi connectivity index (χ0v) is 12.4. The average Bonchev–Trinajstić information content (AvgIpc) is 2.40. The third-order valence-corrected chi connectivity index (χ3v) is 3.79. The molecule has 0 spiro atoms. The topological polar surface area (TPSA) is 24.5 Å². The predicted molar refractivity (Wildman–Crippen MR) is 78.1 cm³/mol. The lowest BCUT2D eigenvalue weighted by Crippen LogP contribution is -2.43. The zero-order valence-electron chi connectivity index (χ0n) is 12.4. The number of likely N-dealkylation sites (tertiary alicyclic amines) is 1. The standard InChI is InChI=1S/C15H32N2O/c1-3-8-15-9-5-6-12-17(15)13-11-16-10-7-14-18-4-2/h15-16H,3-14H2,1-2H3. The van der Waals surface area contributed by atoms with Crippen LogP contribution in [0.1, 0.15) is 52.4 Å². The van der Waals surface area contributed by atoms with Crippen molar-refractivity contribution in [3.05, 3.63) is 0 Å². The Morgan fingerprint density at radius 3 is 2.89 bits per heavy atom. The Hall–Kier alpha value is -0.120. The molecule has 0 saturated carbocycles. The maximum absolute atomic E-state index is 5.33. The fourth-order valence-electron chi connectivity index (χ4n) is 2.81. The summed E-state index contributed by atoms with van der Waals surface area (Å²) in [6.07, 6.45) is 8.07. The van der Waals surface area contributed by atoms with E-state index in [4.69, 9.17) is 4.74 Å². The largest absolute Gasteiger partial charge is 0.382 e. The summed E-state index contributed by atoms with van der Waals surface area (Å²) in [6.45, 7) is 10.8. The van der Waals surface area contributed by atoms with E-state index in [-0.39, 0.29) is 0 Å². The first-order valence-electron chi connectivity index (χ1n) is 7.91. The van der Waals surface area contributed by atoms with E-state index in [2.05, 4.69) is 24.1 Å². The average molecular weight is 256 g/mol. The molecule has 1 aliphatic heterocycles. The number of ether oxygens (including phenoxy) is 1. The highest BCUT2D eigenvalue weighted by atomic mass is 16.5. The molecule has 0 amide bonds. The first-order chi connectivity index (χ1) is 8.88. The first kappa shape index (κ1) is 15.9. The van der Waals surface area contributed by atoms with Gasteiger partial charge >= 0.3 is 0 Å². The molecule has 18 heavy (non-hydrogen) atoms. The second kappa shape index (κ2) is 10.8. The van der Waals surface area contributed by atoms with Crippen molar-refractivity contribution >= 4 is 0 Å². The quantitative estimate of drug-likeness (QED) is 0.608. The Labute approximate surface area is 113 Å². The molecule has 1 unspecified atom stereocenters. The van der Waals surface area contributed by atoms with Crippen LogP contribution >= 0.6 is 0 Å². The van der Waals surface area contributed by atoms with Gasteiger partial charge in [-0.25, -0.2) is 0 Å². The van der Waals surface area contributed by atoms with Gasteiger partial charge in [0.2, 0.25) is 0 Å². The minimum Gasteiger partial charge on any atom is -0.382 e. The summed E-state index contributed by atoms with van der Waals surface area (Å²) in [4.78, 5) is 2.70. The number of nitrogens with zero attached hydrogens (tertiary/aromatic N) is 1. The van der Waals surface area contributed by atoms with Gasteiger partial charge in [0.05, 0.1) is 0 Å². The predicted octanol–water partition coefficient (Wildman–Crippen LogP) is 2.66. The van der Waals surface area contributed by atoms with Crippen molar-refractivity contribution in [1.82, 2.24) is 10.2 Å². The van der Waals surface area contributed by atoms with Crippen LogP contribution in [0.5, 0.6) is 0 Å². The number of piperidine rings is 1. The van der Waals surface area contributed by atoms with Crippen LogP contribution in [-0.4, -0.2) is 50.3 Å². The highest BCUT2D eigenvalue weighted by Crippen LogP contribution is 2.19. The van der Waals surface area contributed by atoms with Gasteiger partial charge in [0.25, 0.3) is 0 Å². The summed E-state index contributed by atoms with van der Waals surface area (Å²) in [5.41, 5.74) is 0. The molecule has 1 N–H and O–H groups in total. The van der Waals surface area contributed by atoms with Crippen LogP contribution < -0.4 is 5.32 Å². The van der Waals surface area contributed by atoms with E-state index in [1.807, 2.05) is 0 Å². The first-order valence-corrected chi connectivity index (χ1v) is 7.91. The van der Waals surface area contributed by atoms with Crippen LogP contribution in [0.2, 0.25) is 0 Å². The van der Waals surface area contributed by atoms with Crippen LogP contribution in [-0.2, 0) is 4.74 Å². The van der Waals surface area contributed by atoms with Crippen molar-refractivity contribution < 1.29 is 4.74 Å². The van der Waals surface area contributed by atoms with E-state index in [0.29, 0.717) is 0 Å². The molecule has 3 heteroatoms. The maximum Gasteiger partial charge on any atom is 0.0477 e. The molecule has 0 aromatic rings. The van der Waals surface area contributed by atoms with Gasteiger partial charge in [-0.2, -0.15) is 0 Å². The zero-order chi connectivity index (χ0) is 13.1. The summed E-state index contributed by atoms with van der Waals surface area (Å²) in [7, 11) is 0. The van der Waals surface area contributed by atoms with Crippen molar-refractivity contribution in [2.75, 3.05) is 39.4 Å². The Kier molecular flexibility index (Phi) is 9.54. The molecule has 0 aliphatic carbocycles. The molecule has 0 aromatic heterocycles. The second-order valence-electron chi connectivity index (χ2n) is 5.27. The van der Waals surface area contributed by atoms with Crippen LogP contribution in [0.25, 0.3) is 0 Å². The van der Waals surface area contributed by atoms with Crippen molar-refractivity contribution in [2.24, 2.45) is 0 Å². The Morgan fingerprint density at radius 2 is 2.11 bits per heavy atom. The molecule has 0 radical (unpaired) electrons. The molecule has 1 atom stereocenters. The van der Waals surface area contributed by atoms with Gasteiger partial charge in [0.15, 0.2) is 0 Å². The SMILES string of the molecule is CCCC1CCCCN1CCNCCCOCC. The van der Waals surface area contributed by atoms with Gasteiger partial charge in [-0.1, -0.05) is 19.8 Å². The molecule has 1 aliphatic rings. The van der Waals surface area contributed by atoms with Crippen molar-refractivity contribution in [2.45, 2.75) is 58.4 Å². The highest BCUT2D eigenvalue weighted by Gasteiger charge is 2.20. The highest BCUT2D eigenvalue weighted by molar-refractivity contribution is 4.76. The molecular formula is C15H32N2O. The summed E-state index contributed by atoms with van der Waals surface area (Å²) in [5.74, 6) is 0. The van der Waals surface area contributed by atoms with Gasteiger partial charge in [0, 0.05) is 32.3 Å². The minimum absolute atomic E-state index is 0.840. The van der Waals surface area contributed by atoms with E-state index in [1.165, 1.54) is 45.2 Å². The van der Waals surface area contributed by atoms with E-state index in [0.717, 1.165) is 38.8 Å². The Bertz CT molecular complexity index is 185.